The van der Waals surface area contributed by atoms with E-state index in [1.54, 1.807) is 18.7 Å². The Bertz CT molecular complexity index is 458. The van der Waals surface area contributed by atoms with Crippen LogP contribution >= 0.6 is 11.8 Å². The lowest BCUT2D eigenvalue weighted by Crippen LogP contribution is -2.04. The second-order valence-electron chi connectivity index (χ2n) is 3.68. The van der Waals surface area contributed by atoms with E-state index in [-0.39, 0.29) is 5.25 Å². The van der Waals surface area contributed by atoms with Gasteiger partial charge in [-0.1, -0.05) is 42.1 Å². The molecule has 17 heavy (non-hydrogen) atoms. The highest BCUT2D eigenvalue weighted by molar-refractivity contribution is 7.99. The van der Waals surface area contributed by atoms with Crippen LogP contribution < -0.4 is 5.73 Å². The van der Waals surface area contributed by atoms with Gasteiger partial charge < -0.3 is 10.2 Å². The van der Waals surface area contributed by atoms with Gasteiger partial charge in [0.2, 0.25) is 5.89 Å². The van der Waals surface area contributed by atoms with Gasteiger partial charge in [-0.05, 0) is 18.5 Å². The molecule has 1 aromatic heterocycles. The lowest BCUT2D eigenvalue weighted by molar-refractivity contribution is 0.428. The van der Waals surface area contributed by atoms with Crippen molar-refractivity contribution in [2.45, 2.75) is 23.8 Å². The summed E-state index contributed by atoms with van der Waals surface area (Å²) in [6.45, 7) is 2.43. The zero-order chi connectivity index (χ0) is 12.1. The number of aromatic nitrogens is 2. The maximum absolute atomic E-state index is 5.65. The van der Waals surface area contributed by atoms with Crippen molar-refractivity contribution in [3.8, 4) is 0 Å². The smallest absolute Gasteiger partial charge is 0.277 e. The molecule has 0 amide bonds. The Morgan fingerprint density at radius 1 is 1.29 bits per heavy atom. The molecule has 0 aliphatic carbocycles. The minimum atomic E-state index is 0.265. The van der Waals surface area contributed by atoms with E-state index in [9.17, 15) is 0 Å². The molecule has 4 nitrogen and oxygen atoms in total. The van der Waals surface area contributed by atoms with Gasteiger partial charge in [-0.2, -0.15) is 0 Å². The number of thioether (sulfide) groups is 1. The number of benzene rings is 1. The summed E-state index contributed by atoms with van der Waals surface area (Å²) in [5.41, 5.74) is 6.88. The van der Waals surface area contributed by atoms with Gasteiger partial charge >= 0.3 is 0 Å². The van der Waals surface area contributed by atoms with Crippen molar-refractivity contribution in [1.29, 1.82) is 0 Å². The normalized spacial score (nSPS) is 12.6. The third-order valence-corrected chi connectivity index (χ3v) is 3.51. The van der Waals surface area contributed by atoms with E-state index < -0.39 is 0 Å². The van der Waals surface area contributed by atoms with Crippen LogP contribution in [0.2, 0.25) is 0 Å². The van der Waals surface area contributed by atoms with E-state index in [2.05, 4.69) is 22.3 Å². The fourth-order valence-corrected chi connectivity index (χ4v) is 2.61. The maximum atomic E-state index is 5.65. The highest BCUT2D eigenvalue weighted by atomic mass is 32.2. The minimum absolute atomic E-state index is 0.265. The predicted octanol–water partition coefficient (Wildman–Crippen LogP) is 2.56. The first-order valence-corrected chi connectivity index (χ1v) is 6.39. The maximum Gasteiger partial charge on any atom is 0.277 e. The first-order valence-electron chi connectivity index (χ1n) is 5.51. The Morgan fingerprint density at radius 3 is 2.65 bits per heavy atom. The molecule has 0 saturated carbocycles. The molecule has 90 valence electrons. The molecule has 1 heterocycles. The van der Waals surface area contributed by atoms with Crippen LogP contribution in [-0.2, 0) is 0 Å². The molecule has 0 aliphatic heterocycles. The number of nitrogens with zero attached hydrogens (tertiary/aromatic N) is 2. The molecule has 1 unspecified atom stereocenters. The highest BCUT2D eigenvalue weighted by Gasteiger charge is 2.15. The van der Waals surface area contributed by atoms with Crippen molar-refractivity contribution < 1.29 is 4.42 Å². The molecule has 2 aromatic rings. The molecule has 2 N–H and O–H groups in total. The van der Waals surface area contributed by atoms with Crippen molar-refractivity contribution in [1.82, 2.24) is 10.2 Å². The van der Waals surface area contributed by atoms with Crippen LogP contribution in [0.5, 0.6) is 0 Å². The summed E-state index contributed by atoms with van der Waals surface area (Å²) in [5, 5.41) is 8.69. The quantitative estimate of drug-likeness (QED) is 0.825. The van der Waals surface area contributed by atoms with Gasteiger partial charge in [0.05, 0.1) is 0 Å². The van der Waals surface area contributed by atoms with Gasteiger partial charge in [-0.25, -0.2) is 0 Å². The number of nitrogens with two attached hydrogens (primary N) is 1. The molecule has 0 saturated heterocycles. The molecule has 0 fully saturated rings. The standard InChI is InChI=1S/C12H15N3OS/c1-9-14-15-12(16-9)17-11(7-8-13)10-5-3-2-4-6-10/h2-6,11H,7-8,13H2,1H3. The Balaban J connectivity index is 2.13. The molecule has 0 bridgehead atoms. The molecule has 5 heteroatoms. The second-order valence-corrected chi connectivity index (χ2v) is 4.84. The number of hydrogen-bond acceptors (Lipinski definition) is 5. The molecule has 0 spiro atoms. The minimum Gasteiger partial charge on any atom is -0.416 e. The second kappa shape index (κ2) is 5.84. The predicted molar refractivity (Wildman–Crippen MR) is 67.7 cm³/mol. The largest absolute Gasteiger partial charge is 0.416 e. The topological polar surface area (TPSA) is 64.9 Å². The summed E-state index contributed by atoms with van der Waals surface area (Å²) >= 11 is 1.57. The van der Waals surface area contributed by atoms with Gasteiger partial charge in [-0.3, -0.25) is 0 Å². The zero-order valence-corrected chi connectivity index (χ0v) is 10.5. The Labute approximate surface area is 105 Å². The highest BCUT2D eigenvalue weighted by Crippen LogP contribution is 2.36. The summed E-state index contributed by atoms with van der Waals surface area (Å²) < 4.78 is 5.38. The monoisotopic (exact) mass is 249 g/mol. The summed E-state index contributed by atoms with van der Waals surface area (Å²) in [6.07, 6.45) is 0.885. The van der Waals surface area contributed by atoms with Gasteiger partial charge in [0.1, 0.15) is 0 Å². The fraction of sp³-hybridized carbons (Fsp3) is 0.333. The van der Waals surface area contributed by atoms with Crippen LogP contribution in [0.15, 0.2) is 40.0 Å². The average molecular weight is 249 g/mol. The van der Waals surface area contributed by atoms with Gasteiger partial charge in [0.25, 0.3) is 5.22 Å². The van der Waals surface area contributed by atoms with E-state index >= 15 is 0 Å². The Morgan fingerprint density at radius 2 is 2.06 bits per heavy atom. The van der Waals surface area contributed by atoms with Crippen molar-refractivity contribution >= 4 is 11.8 Å². The molecule has 2 rings (SSSR count). The first kappa shape index (κ1) is 12.1. The van der Waals surface area contributed by atoms with Crippen LogP contribution in [0.3, 0.4) is 0 Å². The van der Waals surface area contributed by atoms with Crippen molar-refractivity contribution in [2.75, 3.05) is 6.54 Å². The van der Waals surface area contributed by atoms with Gasteiger partial charge in [0.15, 0.2) is 0 Å². The van der Waals surface area contributed by atoms with Crippen LogP contribution in [0.4, 0.5) is 0 Å². The lowest BCUT2D eigenvalue weighted by Gasteiger charge is -2.13. The summed E-state index contributed by atoms with van der Waals surface area (Å²) in [4.78, 5) is 0. The van der Waals surface area contributed by atoms with E-state index in [1.165, 1.54) is 5.56 Å². The molecule has 0 radical (unpaired) electrons. The van der Waals surface area contributed by atoms with Gasteiger partial charge in [0, 0.05) is 12.2 Å². The average Bonchev–Trinajstić information content (AvgIpc) is 2.75. The number of hydrogen-bond donors (Lipinski definition) is 1. The van der Waals surface area contributed by atoms with Crippen LogP contribution in [-0.4, -0.2) is 16.7 Å². The molecule has 1 aromatic carbocycles. The number of rotatable bonds is 5. The van der Waals surface area contributed by atoms with Crippen LogP contribution in [0, 0.1) is 6.92 Å². The Hall–Kier alpha value is -1.33. The number of aryl methyl sites for hydroxylation is 1. The van der Waals surface area contributed by atoms with E-state index in [0.29, 0.717) is 17.7 Å². The molecular formula is C12H15N3OS. The van der Waals surface area contributed by atoms with Gasteiger partial charge in [-0.15, -0.1) is 10.2 Å². The van der Waals surface area contributed by atoms with E-state index in [0.717, 1.165) is 6.42 Å². The Kier molecular flexibility index (Phi) is 4.17. The summed E-state index contributed by atoms with van der Waals surface area (Å²) in [5.74, 6) is 0.590. The molecule has 0 aliphatic rings. The fourth-order valence-electron chi connectivity index (χ4n) is 1.56. The molecule has 1 atom stereocenters. The van der Waals surface area contributed by atoms with Crippen molar-refractivity contribution in [3.05, 3.63) is 41.8 Å². The SMILES string of the molecule is Cc1nnc(SC(CCN)c2ccccc2)o1. The van der Waals surface area contributed by atoms with Crippen LogP contribution in [0.25, 0.3) is 0 Å². The zero-order valence-electron chi connectivity index (χ0n) is 9.67. The summed E-state index contributed by atoms with van der Waals surface area (Å²) in [7, 11) is 0. The van der Waals surface area contributed by atoms with Crippen molar-refractivity contribution in [3.63, 3.8) is 0 Å². The van der Waals surface area contributed by atoms with Crippen LogP contribution in [0.1, 0.15) is 23.1 Å². The van der Waals surface area contributed by atoms with Crippen molar-refractivity contribution in [2.24, 2.45) is 5.73 Å². The lowest BCUT2D eigenvalue weighted by atomic mass is 10.1. The third-order valence-electron chi connectivity index (χ3n) is 2.35. The third kappa shape index (κ3) is 3.31. The molecular weight excluding hydrogens is 234 g/mol. The van der Waals surface area contributed by atoms with E-state index in [1.807, 2.05) is 18.2 Å². The summed E-state index contributed by atoms with van der Waals surface area (Å²) in [6, 6.07) is 10.2. The first-order chi connectivity index (χ1) is 8.29. The van der Waals surface area contributed by atoms with E-state index in [4.69, 9.17) is 10.2 Å².